The smallest absolute Gasteiger partial charge is 0.313 e. The van der Waals surface area contributed by atoms with Crippen LogP contribution in [0.3, 0.4) is 0 Å². The van der Waals surface area contributed by atoms with Crippen LogP contribution in [0.5, 0.6) is 0 Å². The van der Waals surface area contributed by atoms with Crippen LogP contribution in [0.4, 0.5) is 0 Å². The molecule has 0 bridgehead atoms. The summed E-state index contributed by atoms with van der Waals surface area (Å²) >= 11 is 0. The highest BCUT2D eigenvalue weighted by molar-refractivity contribution is 5.84. The first-order chi connectivity index (χ1) is 11.4. The Morgan fingerprint density at radius 1 is 1.04 bits per heavy atom. The molecule has 4 heteroatoms. The number of rotatable bonds is 11. The van der Waals surface area contributed by atoms with E-state index in [2.05, 4.69) is 11.7 Å². The summed E-state index contributed by atoms with van der Waals surface area (Å²) in [4.78, 5) is 22.5. The maximum Gasteiger partial charge on any atom is 0.313 e. The SMILES string of the molecule is CCCCCCC(O)(CCC(=O)OC(C)=O)CCC1CCCCC1. The second kappa shape index (κ2) is 11.6. The van der Waals surface area contributed by atoms with Crippen molar-refractivity contribution in [3.05, 3.63) is 0 Å². The summed E-state index contributed by atoms with van der Waals surface area (Å²) in [5, 5.41) is 11.0. The van der Waals surface area contributed by atoms with E-state index in [1.54, 1.807) is 0 Å². The first-order valence-corrected chi connectivity index (χ1v) is 9.89. The van der Waals surface area contributed by atoms with Crippen LogP contribution in [0.2, 0.25) is 0 Å². The van der Waals surface area contributed by atoms with Crippen LogP contribution >= 0.6 is 0 Å². The van der Waals surface area contributed by atoms with E-state index in [1.807, 2.05) is 0 Å². The molecule has 0 aromatic rings. The fourth-order valence-corrected chi connectivity index (χ4v) is 3.75. The van der Waals surface area contributed by atoms with E-state index in [-0.39, 0.29) is 6.42 Å². The molecule has 1 fully saturated rings. The number of hydrogen-bond donors (Lipinski definition) is 1. The van der Waals surface area contributed by atoms with Gasteiger partial charge in [-0.3, -0.25) is 9.59 Å². The summed E-state index contributed by atoms with van der Waals surface area (Å²) in [5.74, 6) is -0.370. The van der Waals surface area contributed by atoms with Gasteiger partial charge in [0.2, 0.25) is 0 Å². The average molecular weight is 341 g/mol. The highest BCUT2D eigenvalue weighted by Crippen LogP contribution is 2.33. The summed E-state index contributed by atoms with van der Waals surface area (Å²) in [7, 11) is 0. The number of carbonyl (C=O) groups is 2. The Kier molecular flexibility index (Phi) is 10.2. The zero-order chi connectivity index (χ0) is 17.8. The van der Waals surface area contributed by atoms with Gasteiger partial charge in [-0.25, -0.2) is 0 Å². The number of esters is 2. The molecule has 0 heterocycles. The third-order valence-corrected chi connectivity index (χ3v) is 5.29. The quantitative estimate of drug-likeness (QED) is 0.329. The van der Waals surface area contributed by atoms with Gasteiger partial charge in [0.1, 0.15) is 0 Å². The van der Waals surface area contributed by atoms with E-state index >= 15 is 0 Å². The highest BCUT2D eigenvalue weighted by Gasteiger charge is 2.29. The van der Waals surface area contributed by atoms with Crippen molar-refractivity contribution in [1.29, 1.82) is 0 Å². The Balaban J connectivity index is 2.46. The Morgan fingerprint density at radius 2 is 1.75 bits per heavy atom. The monoisotopic (exact) mass is 340 g/mol. The van der Waals surface area contributed by atoms with Gasteiger partial charge in [-0.2, -0.15) is 0 Å². The molecule has 1 aliphatic rings. The number of aliphatic hydroxyl groups is 1. The zero-order valence-electron chi connectivity index (χ0n) is 15.6. The molecule has 1 atom stereocenters. The molecule has 0 spiro atoms. The highest BCUT2D eigenvalue weighted by atomic mass is 16.6. The maximum absolute atomic E-state index is 11.6. The fourth-order valence-electron chi connectivity index (χ4n) is 3.75. The molecule has 0 amide bonds. The zero-order valence-corrected chi connectivity index (χ0v) is 15.6. The second-order valence-corrected chi connectivity index (χ2v) is 7.54. The summed E-state index contributed by atoms with van der Waals surface area (Å²) in [5.41, 5.74) is -0.791. The molecule has 24 heavy (non-hydrogen) atoms. The lowest BCUT2D eigenvalue weighted by atomic mass is 9.80. The van der Waals surface area contributed by atoms with Gasteiger partial charge in [0, 0.05) is 13.3 Å². The molecular weight excluding hydrogens is 304 g/mol. The number of hydrogen-bond acceptors (Lipinski definition) is 4. The summed E-state index contributed by atoms with van der Waals surface area (Å²) in [6.45, 7) is 3.41. The molecule has 1 aliphatic carbocycles. The van der Waals surface area contributed by atoms with Gasteiger partial charge < -0.3 is 9.84 Å². The fraction of sp³-hybridized carbons (Fsp3) is 0.900. The molecule has 1 rings (SSSR count). The minimum Gasteiger partial charge on any atom is -0.393 e. The van der Waals surface area contributed by atoms with Crippen LogP contribution in [-0.4, -0.2) is 22.6 Å². The summed E-state index contributed by atoms with van der Waals surface area (Å²) < 4.78 is 4.59. The second-order valence-electron chi connectivity index (χ2n) is 7.54. The van der Waals surface area contributed by atoms with Gasteiger partial charge in [-0.15, -0.1) is 0 Å². The van der Waals surface area contributed by atoms with Crippen LogP contribution < -0.4 is 0 Å². The van der Waals surface area contributed by atoms with E-state index in [1.165, 1.54) is 51.9 Å². The third kappa shape index (κ3) is 9.41. The standard InChI is InChI=1S/C20H36O4/c1-3-4-5-9-14-20(23,16-13-19(22)24-17(2)21)15-12-18-10-7-6-8-11-18/h18,23H,3-16H2,1-2H3. The van der Waals surface area contributed by atoms with Crippen molar-refractivity contribution >= 4 is 11.9 Å². The van der Waals surface area contributed by atoms with Crippen LogP contribution in [0.1, 0.15) is 104 Å². The van der Waals surface area contributed by atoms with E-state index in [0.29, 0.717) is 6.42 Å². The molecule has 0 aromatic heterocycles. The van der Waals surface area contributed by atoms with E-state index in [9.17, 15) is 14.7 Å². The molecule has 0 saturated heterocycles. The average Bonchev–Trinajstić information content (AvgIpc) is 2.56. The normalized spacial score (nSPS) is 18.1. The molecule has 0 aliphatic heterocycles. The van der Waals surface area contributed by atoms with Crippen molar-refractivity contribution in [2.45, 2.75) is 109 Å². The molecule has 1 saturated carbocycles. The lowest BCUT2D eigenvalue weighted by Crippen LogP contribution is -2.31. The Morgan fingerprint density at radius 3 is 2.38 bits per heavy atom. The molecule has 0 radical (unpaired) electrons. The van der Waals surface area contributed by atoms with Crippen molar-refractivity contribution in [3.63, 3.8) is 0 Å². The Bertz CT molecular complexity index is 374. The van der Waals surface area contributed by atoms with E-state index in [0.717, 1.165) is 38.0 Å². The van der Waals surface area contributed by atoms with E-state index in [4.69, 9.17) is 0 Å². The molecule has 140 valence electrons. The topological polar surface area (TPSA) is 63.6 Å². The Labute approximate surface area is 147 Å². The predicted molar refractivity (Wildman–Crippen MR) is 95.5 cm³/mol. The molecule has 1 N–H and O–H groups in total. The van der Waals surface area contributed by atoms with Crippen molar-refractivity contribution in [1.82, 2.24) is 0 Å². The predicted octanol–water partition coefficient (Wildman–Crippen LogP) is 4.92. The third-order valence-electron chi connectivity index (χ3n) is 5.29. The summed E-state index contributed by atoms with van der Waals surface area (Å²) in [6.07, 6.45) is 14.1. The first kappa shape index (κ1) is 21.1. The molecule has 1 unspecified atom stereocenters. The number of ether oxygens (including phenoxy) is 1. The largest absolute Gasteiger partial charge is 0.393 e. The van der Waals surface area contributed by atoms with Gasteiger partial charge in [0.25, 0.3) is 0 Å². The molecule has 4 nitrogen and oxygen atoms in total. The van der Waals surface area contributed by atoms with E-state index < -0.39 is 17.5 Å². The lowest BCUT2D eigenvalue weighted by Gasteiger charge is -2.31. The number of carbonyl (C=O) groups excluding carboxylic acids is 2. The minimum atomic E-state index is -0.791. The van der Waals surface area contributed by atoms with Gasteiger partial charge >= 0.3 is 11.9 Å². The first-order valence-electron chi connectivity index (χ1n) is 9.89. The van der Waals surface area contributed by atoms with Crippen LogP contribution in [-0.2, 0) is 14.3 Å². The lowest BCUT2D eigenvalue weighted by molar-refractivity contribution is -0.159. The van der Waals surface area contributed by atoms with Gasteiger partial charge in [-0.05, 0) is 31.6 Å². The van der Waals surface area contributed by atoms with Crippen molar-refractivity contribution < 1.29 is 19.4 Å². The van der Waals surface area contributed by atoms with Crippen molar-refractivity contribution in [2.75, 3.05) is 0 Å². The molecular formula is C20H36O4. The van der Waals surface area contributed by atoms with Crippen LogP contribution in [0, 0.1) is 5.92 Å². The molecule has 0 aromatic carbocycles. The van der Waals surface area contributed by atoms with Gasteiger partial charge in [0.15, 0.2) is 0 Å². The van der Waals surface area contributed by atoms with Crippen molar-refractivity contribution in [2.24, 2.45) is 5.92 Å². The van der Waals surface area contributed by atoms with Gasteiger partial charge in [0.05, 0.1) is 5.60 Å². The van der Waals surface area contributed by atoms with Gasteiger partial charge in [-0.1, -0.05) is 64.7 Å². The number of unbranched alkanes of at least 4 members (excludes halogenated alkanes) is 3. The maximum atomic E-state index is 11.6. The van der Waals surface area contributed by atoms with Crippen molar-refractivity contribution in [3.8, 4) is 0 Å². The Hall–Kier alpha value is -0.900. The van der Waals surface area contributed by atoms with Crippen LogP contribution in [0.25, 0.3) is 0 Å². The minimum absolute atomic E-state index is 0.120. The summed E-state index contributed by atoms with van der Waals surface area (Å²) in [6, 6.07) is 0. The van der Waals surface area contributed by atoms with Crippen LogP contribution in [0.15, 0.2) is 0 Å².